The summed E-state index contributed by atoms with van der Waals surface area (Å²) in [5.41, 5.74) is 6.15. The Hall–Kier alpha value is -1.17. The van der Waals surface area contributed by atoms with E-state index in [2.05, 4.69) is 10.2 Å². The van der Waals surface area contributed by atoms with E-state index in [1.165, 1.54) is 12.5 Å². The van der Waals surface area contributed by atoms with Crippen molar-refractivity contribution in [3.63, 3.8) is 0 Å². The Bertz CT molecular complexity index is 470. The Kier molecular flexibility index (Phi) is 8.38. The lowest BCUT2D eigenvalue weighted by Gasteiger charge is -2.35. The van der Waals surface area contributed by atoms with Gasteiger partial charge in [0.2, 0.25) is 5.91 Å². The molecule has 1 aromatic rings. The average Bonchev–Trinajstić information content (AvgIpc) is 2.49. The molecule has 0 bridgehead atoms. The highest BCUT2D eigenvalue weighted by Crippen LogP contribution is 2.18. The van der Waals surface area contributed by atoms with Crippen molar-refractivity contribution in [2.45, 2.75) is 38.3 Å². The number of carbonyl (C=O) groups excluding carboxylic acids is 1. The second-order valence-corrected chi connectivity index (χ2v) is 5.57. The van der Waals surface area contributed by atoms with Crippen molar-refractivity contribution >= 4 is 18.3 Å². The third kappa shape index (κ3) is 5.55. The van der Waals surface area contributed by atoms with Gasteiger partial charge in [0, 0.05) is 18.2 Å². The summed E-state index contributed by atoms with van der Waals surface area (Å²) in [6.07, 6.45) is 4.37. The minimum atomic E-state index is -0.281. The average molecular weight is 330 g/mol. The first-order valence-corrected chi connectivity index (χ1v) is 7.65. The van der Waals surface area contributed by atoms with Gasteiger partial charge in [-0.25, -0.2) is 4.39 Å². The fraction of sp³-hybridized carbons (Fsp3) is 0.562. The number of benzene rings is 1. The number of amides is 1. The van der Waals surface area contributed by atoms with Gasteiger partial charge in [0.25, 0.3) is 0 Å². The largest absolute Gasteiger partial charge is 0.351 e. The normalized spacial score (nSPS) is 18.5. The zero-order chi connectivity index (χ0) is 15.1. The zero-order valence-electron chi connectivity index (χ0n) is 12.8. The smallest absolute Gasteiger partial charge is 0.234 e. The van der Waals surface area contributed by atoms with Gasteiger partial charge >= 0.3 is 0 Å². The number of nitrogens with zero attached hydrogens (tertiary/aromatic N) is 1. The van der Waals surface area contributed by atoms with Gasteiger partial charge in [-0.15, -0.1) is 12.4 Å². The van der Waals surface area contributed by atoms with Crippen LogP contribution in [0.5, 0.6) is 0 Å². The van der Waals surface area contributed by atoms with Crippen LogP contribution in [0.25, 0.3) is 0 Å². The number of nitrogens with one attached hydrogen (secondary N) is 1. The quantitative estimate of drug-likeness (QED) is 0.840. The summed E-state index contributed by atoms with van der Waals surface area (Å²) >= 11 is 0. The number of halogens is 2. The molecule has 2 rings (SSSR count). The zero-order valence-corrected chi connectivity index (χ0v) is 13.6. The highest BCUT2D eigenvalue weighted by molar-refractivity contribution is 5.85. The van der Waals surface area contributed by atoms with Crippen LogP contribution in [0.3, 0.4) is 0 Å². The lowest BCUT2D eigenvalue weighted by Crippen LogP contribution is -2.46. The molecule has 1 saturated heterocycles. The SMILES string of the molecule is Cl.NCCC1CCCCN1CC(=O)NCc1ccccc1F. The Morgan fingerprint density at radius 2 is 2.14 bits per heavy atom. The van der Waals surface area contributed by atoms with Crippen molar-refractivity contribution in [2.24, 2.45) is 5.73 Å². The van der Waals surface area contributed by atoms with E-state index < -0.39 is 0 Å². The fourth-order valence-corrected chi connectivity index (χ4v) is 2.86. The second kappa shape index (κ2) is 9.77. The third-order valence-electron chi connectivity index (χ3n) is 4.03. The number of piperidine rings is 1. The maximum Gasteiger partial charge on any atom is 0.234 e. The van der Waals surface area contributed by atoms with E-state index in [0.717, 1.165) is 25.8 Å². The second-order valence-electron chi connectivity index (χ2n) is 5.57. The number of likely N-dealkylation sites (tertiary alicyclic amines) is 1. The van der Waals surface area contributed by atoms with Crippen molar-refractivity contribution < 1.29 is 9.18 Å². The first kappa shape index (κ1) is 18.9. The standard InChI is InChI=1S/C16H24FN3O.ClH/c17-15-7-2-1-5-13(15)11-19-16(21)12-20-10-4-3-6-14(20)8-9-18;/h1-2,5,7,14H,3-4,6,8-12,18H2,(H,19,21);1H. The summed E-state index contributed by atoms with van der Waals surface area (Å²) in [4.78, 5) is 14.2. The summed E-state index contributed by atoms with van der Waals surface area (Å²) < 4.78 is 13.5. The van der Waals surface area contributed by atoms with Crippen LogP contribution in [0.15, 0.2) is 24.3 Å². The summed E-state index contributed by atoms with van der Waals surface area (Å²) in [7, 11) is 0. The van der Waals surface area contributed by atoms with Crippen LogP contribution in [0.4, 0.5) is 4.39 Å². The molecule has 0 aromatic heterocycles. The number of carbonyl (C=O) groups is 1. The maximum absolute atomic E-state index is 13.5. The van der Waals surface area contributed by atoms with Crippen LogP contribution in [-0.4, -0.2) is 36.5 Å². The molecule has 124 valence electrons. The predicted molar refractivity (Wildman–Crippen MR) is 88.4 cm³/mol. The molecule has 1 amide bonds. The Labute approximate surface area is 137 Å². The minimum absolute atomic E-state index is 0. The molecular weight excluding hydrogens is 305 g/mol. The summed E-state index contributed by atoms with van der Waals surface area (Å²) in [5.74, 6) is -0.334. The topological polar surface area (TPSA) is 58.4 Å². The number of hydrogen-bond donors (Lipinski definition) is 2. The van der Waals surface area contributed by atoms with Gasteiger partial charge in [-0.05, 0) is 38.4 Å². The van der Waals surface area contributed by atoms with E-state index in [1.807, 2.05) is 0 Å². The first-order chi connectivity index (χ1) is 10.2. The summed E-state index contributed by atoms with van der Waals surface area (Å²) in [5, 5.41) is 2.80. The Balaban J connectivity index is 0.00000242. The van der Waals surface area contributed by atoms with Gasteiger partial charge < -0.3 is 11.1 Å². The predicted octanol–water partition coefficient (Wildman–Crippen LogP) is 2.07. The van der Waals surface area contributed by atoms with E-state index in [1.54, 1.807) is 18.2 Å². The van der Waals surface area contributed by atoms with E-state index in [-0.39, 0.29) is 30.7 Å². The lowest BCUT2D eigenvalue weighted by atomic mass is 9.99. The van der Waals surface area contributed by atoms with Gasteiger partial charge in [0.05, 0.1) is 6.54 Å². The molecule has 1 aliphatic rings. The van der Waals surface area contributed by atoms with Crippen molar-refractivity contribution in [1.29, 1.82) is 0 Å². The van der Waals surface area contributed by atoms with Crippen molar-refractivity contribution in [3.8, 4) is 0 Å². The monoisotopic (exact) mass is 329 g/mol. The van der Waals surface area contributed by atoms with E-state index >= 15 is 0 Å². The minimum Gasteiger partial charge on any atom is -0.351 e. The molecule has 1 aromatic carbocycles. The van der Waals surface area contributed by atoms with Crippen LogP contribution in [-0.2, 0) is 11.3 Å². The Morgan fingerprint density at radius 3 is 2.86 bits per heavy atom. The Morgan fingerprint density at radius 1 is 1.36 bits per heavy atom. The molecule has 3 N–H and O–H groups in total. The highest BCUT2D eigenvalue weighted by atomic mass is 35.5. The molecule has 1 aliphatic heterocycles. The van der Waals surface area contributed by atoms with E-state index in [4.69, 9.17) is 5.73 Å². The molecular formula is C16H25ClFN3O. The van der Waals surface area contributed by atoms with Crippen LogP contribution in [0, 0.1) is 5.82 Å². The van der Waals surface area contributed by atoms with Crippen molar-refractivity contribution in [3.05, 3.63) is 35.6 Å². The van der Waals surface area contributed by atoms with E-state index in [9.17, 15) is 9.18 Å². The molecule has 0 aliphatic carbocycles. The molecule has 0 radical (unpaired) electrons. The number of hydrogen-bond acceptors (Lipinski definition) is 3. The first-order valence-electron chi connectivity index (χ1n) is 7.65. The molecule has 6 heteroatoms. The van der Waals surface area contributed by atoms with Gasteiger partial charge in [-0.2, -0.15) is 0 Å². The molecule has 4 nitrogen and oxygen atoms in total. The molecule has 0 spiro atoms. The lowest BCUT2D eigenvalue weighted by molar-refractivity contribution is -0.123. The third-order valence-corrected chi connectivity index (χ3v) is 4.03. The molecule has 1 atom stereocenters. The van der Waals surface area contributed by atoms with Crippen molar-refractivity contribution in [2.75, 3.05) is 19.6 Å². The van der Waals surface area contributed by atoms with E-state index in [0.29, 0.717) is 24.7 Å². The van der Waals surface area contributed by atoms with Crippen LogP contribution < -0.4 is 11.1 Å². The van der Waals surface area contributed by atoms with Crippen molar-refractivity contribution in [1.82, 2.24) is 10.2 Å². The van der Waals surface area contributed by atoms with Crippen LogP contribution >= 0.6 is 12.4 Å². The molecule has 1 heterocycles. The van der Waals surface area contributed by atoms with Crippen LogP contribution in [0.1, 0.15) is 31.2 Å². The summed E-state index contributed by atoms with van der Waals surface area (Å²) in [6, 6.07) is 6.91. The number of nitrogens with two attached hydrogens (primary N) is 1. The highest BCUT2D eigenvalue weighted by Gasteiger charge is 2.23. The van der Waals surface area contributed by atoms with Crippen LogP contribution in [0.2, 0.25) is 0 Å². The molecule has 0 saturated carbocycles. The molecule has 1 fully saturated rings. The fourth-order valence-electron chi connectivity index (χ4n) is 2.86. The maximum atomic E-state index is 13.5. The summed E-state index contributed by atoms with van der Waals surface area (Å²) in [6.45, 7) is 2.20. The van der Waals surface area contributed by atoms with Gasteiger partial charge in [-0.3, -0.25) is 9.69 Å². The van der Waals surface area contributed by atoms with Gasteiger partial charge in [0.1, 0.15) is 5.82 Å². The van der Waals surface area contributed by atoms with Gasteiger partial charge in [-0.1, -0.05) is 24.6 Å². The van der Waals surface area contributed by atoms with Gasteiger partial charge in [0.15, 0.2) is 0 Å². The number of rotatable bonds is 6. The molecule has 22 heavy (non-hydrogen) atoms. The molecule has 1 unspecified atom stereocenters.